The molecule has 0 radical (unpaired) electrons. The molecule has 0 unspecified atom stereocenters. The van der Waals surface area contributed by atoms with Crippen molar-refractivity contribution in [2.75, 3.05) is 175 Å². The summed E-state index contributed by atoms with van der Waals surface area (Å²) in [5.74, 6) is -1.53. The van der Waals surface area contributed by atoms with Crippen LogP contribution in [0.15, 0.2) is 143 Å². The van der Waals surface area contributed by atoms with Crippen LogP contribution in [-0.4, -0.2) is 239 Å². The summed E-state index contributed by atoms with van der Waals surface area (Å²) in [6, 6.07) is 29.0. The van der Waals surface area contributed by atoms with Crippen LogP contribution < -0.4 is 31.4 Å². The van der Waals surface area contributed by atoms with E-state index in [-0.39, 0.29) is 71.1 Å². The molecule has 28 heteroatoms. The third kappa shape index (κ3) is 17.9. The second-order valence-electron chi connectivity index (χ2n) is 26.8. The zero-order chi connectivity index (χ0) is 75.9. The largest absolute Gasteiger partial charge is 0.462 e. The molecular formula is C78H95ClN12O15. The number of aromatic nitrogens is 3. The van der Waals surface area contributed by atoms with Crippen LogP contribution in [0.2, 0.25) is 5.02 Å². The van der Waals surface area contributed by atoms with Gasteiger partial charge < -0.3 is 85.3 Å². The van der Waals surface area contributed by atoms with E-state index in [1.54, 1.807) is 97.7 Å². The number of furan rings is 3. The van der Waals surface area contributed by atoms with Gasteiger partial charge in [0, 0.05) is 126 Å². The van der Waals surface area contributed by atoms with E-state index in [2.05, 4.69) is 9.80 Å². The van der Waals surface area contributed by atoms with E-state index in [9.17, 15) is 43.2 Å². The number of halogens is 1. The second kappa shape index (κ2) is 36.0. The van der Waals surface area contributed by atoms with E-state index in [1.807, 2.05) is 117 Å². The second-order valence-corrected chi connectivity index (χ2v) is 27.2. The molecule has 9 aromatic rings. The highest BCUT2D eigenvalue weighted by atomic mass is 35.5. The van der Waals surface area contributed by atoms with Crippen molar-refractivity contribution in [1.29, 1.82) is 0 Å². The summed E-state index contributed by atoms with van der Waals surface area (Å²) in [4.78, 5) is 136. The van der Waals surface area contributed by atoms with Gasteiger partial charge in [-0.25, -0.2) is 14.4 Å². The van der Waals surface area contributed by atoms with Crippen LogP contribution in [0.25, 0.3) is 32.7 Å². The fraction of sp³-hybridized carbons (Fsp3) is 0.423. The Morgan fingerprint density at radius 3 is 1.10 bits per heavy atom. The number of carbonyl (C=O) groups is 6. The number of likely N-dealkylation sites (N-methyl/N-ethyl adjacent to an activating group) is 1. The fourth-order valence-corrected chi connectivity index (χ4v) is 13.8. The third-order valence-electron chi connectivity index (χ3n) is 18.8. The number of rotatable bonds is 23. The van der Waals surface area contributed by atoms with E-state index in [0.717, 1.165) is 53.3 Å². The Labute approximate surface area is 620 Å². The number of ether oxygens (including phenoxy) is 3. The van der Waals surface area contributed by atoms with Gasteiger partial charge in [-0.15, -0.1) is 0 Å². The average Bonchev–Trinajstić information content (AvgIpc) is 0.790. The molecule has 6 aromatic heterocycles. The smallest absolute Gasteiger partial charge is 0.345 e. The summed E-state index contributed by atoms with van der Waals surface area (Å²) in [5, 5.41) is 2.86. The topological polar surface area (TPSA) is 265 Å². The van der Waals surface area contributed by atoms with Gasteiger partial charge in [-0.3, -0.25) is 28.8 Å². The lowest BCUT2D eigenvalue weighted by atomic mass is 10.0. The molecule has 3 aliphatic heterocycles. The standard InChI is InChI=1S/C27H34N4O5.C26H32N4O5.C25H29ClN4O5/c1-5-35-27(34)23-24(29-13-15-30(16-14-29)25(32)22-8-6-17-36-22)20-18-19(2)9-10-21(20)31(26(23)33)12-7-11-28(3)4;1-4-34-26(33)22-23(28-14-16-29(17-15-28)24(31)21-11-7-18-35-21)19-9-5-6-10-20(19)30(25(22)32)13-8-12-27(2)3;1-4-34-25(33)21-22(28-10-12-29(13-11-28)23(31)20-6-5-15-35-20)18-16-17(26)7-8-19(18)30(24(21)32)14-9-27(2)3/h6,8-10,17-18H,5,7,11-16H2,1-4H3;5-7,9-11,18H,4,8,12-17H2,1-3H3;5-8,15-16H,4,9-14H2,1-3H3. The fourth-order valence-electron chi connectivity index (χ4n) is 13.6. The normalized spacial score (nSPS) is 14.1. The van der Waals surface area contributed by atoms with Gasteiger partial charge in [0.05, 0.1) is 72.2 Å². The summed E-state index contributed by atoms with van der Waals surface area (Å²) in [7, 11) is 11.8. The van der Waals surface area contributed by atoms with Crippen LogP contribution >= 0.6 is 11.6 Å². The molecule has 0 N–H and O–H groups in total. The SMILES string of the molecule is CCOC(=O)c1c(N2CCN(C(=O)c3ccco3)CC2)c2cc(C)ccc2n(CCCN(C)C)c1=O.CCOC(=O)c1c(N2CCN(C(=O)c3ccco3)CC2)c2cc(Cl)ccc2n(CCN(C)C)c1=O.CCOC(=O)c1c(N2CCN(C(=O)c3ccco3)CC2)c2ccccc2n(CCCN(C)C)c1=O. The molecule has 106 heavy (non-hydrogen) atoms. The zero-order valence-electron chi connectivity index (χ0n) is 62.1. The van der Waals surface area contributed by atoms with Gasteiger partial charge in [-0.1, -0.05) is 41.4 Å². The maximum Gasteiger partial charge on any atom is 0.345 e. The van der Waals surface area contributed by atoms with Crippen LogP contribution in [0.5, 0.6) is 0 Å². The maximum absolute atomic E-state index is 13.8. The first-order valence-electron chi connectivity index (χ1n) is 35.9. The average molecular weight is 1480 g/mol. The number of esters is 3. The number of hydrogen-bond donors (Lipinski definition) is 0. The number of fused-ring (bicyclic) bond motifs is 3. The molecule has 0 saturated carbocycles. The van der Waals surface area contributed by atoms with Gasteiger partial charge in [0.25, 0.3) is 34.4 Å². The van der Waals surface area contributed by atoms with Gasteiger partial charge in [0.2, 0.25) is 0 Å². The molecule has 0 bridgehead atoms. The maximum atomic E-state index is 13.8. The van der Waals surface area contributed by atoms with Gasteiger partial charge in [0.15, 0.2) is 17.3 Å². The van der Waals surface area contributed by atoms with Gasteiger partial charge >= 0.3 is 17.9 Å². The van der Waals surface area contributed by atoms with Crippen LogP contribution in [0.4, 0.5) is 17.1 Å². The number of nitrogens with zero attached hydrogens (tertiary/aromatic N) is 12. The Balaban J connectivity index is 0.000000170. The van der Waals surface area contributed by atoms with Crippen LogP contribution in [0.1, 0.15) is 102 Å². The number of anilines is 3. The van der Waals surface area contributed by atoms with Crippen molar-refractivity contribution in [3.8, 4) is 0 Å². The summed E-state index contributed by atoms with van der Waals surface area (Å²) >= 11 is 6.37. The molecule has 3 fully saturated rings. The number of para-hydroxylation sites is 1. The van der Waals surface area contributed by atoms with Crippen molar-refractivity contribution in [3.05, 3.63) is 191 Å². The van der Waals surface area contributed by atoms with E-state index < -0.39 is 23.5 Å². The molecule has 0 spiro atoms. The van der Waals surface area contributed by atoms with E-state index >= 15 is 0 Å². The molecule has 0 aliphatic carbocycles. The van der Waals surface area contributed by atoms with Crippen molar-refractivity contribution < 1.29 is 56.2 Å². The molecule has 564 valence electrons. The zero-order valence-corrected chi connectivity index (χ0v) is 62.9. The van der Waals surface area contributed by atoms with Gasteiger partial charge in [0.1, 0.15) is 16.7 Å². The lowest BCUT2D eigenvalue weighted by molar-refractivity contribution is 0.0514. The number of benzene rings is 3. The van der Waals surface area contributed by atoms with Gasteiger partial charge in [-0.05, 0) is 169 Å². The highest BCUT2D eigenvalue weighted by Crippen LogP contribution is 2.36. The first kappa shape index (κ1) is 78.1. The Morgan fingerprint density at radius 2 is 0.745 bits per heavy atom. The molecule has 27 nitrogen and oxygen atoms in total. The highest BCUT2D eigenvalue weighted by Gasteiger charge is 2.35. The molecule has 3 aliphatic rings. The monoisotopic (exact) mass is 1470 g/mol. The molecule has 3 amide bonds. The number of hydrogen-bond acceptors (Lipinski definition) is 21. The molecule has 3 saturated heterocycles. The van der Waals surface area contributed by atoms with E-state index in [4.69, 9.17) is 39.1 Å². The molecule has 12 rings (SSSR count). The van der Waals surface area contributed by atoms with Crippen molar-refractivity contribution in [2.24, 2.45) is 0 Å². The minimum absolute atomic E-state index is 0.00816. The first-order chi connectivity index (χ1) is 51.0. The van der Waals surface area contributed by atoms with E-state index in [0.29, 0.717) is 149 Å². The molecule has 9 heterocycles. The minimum Gasteiger partial charge on any atom is -0.462 e. The Morgan fingerprint density at radius 1 is 0.406 bits per heavy atom. The number of carbonyl (C=O) groups excluding carboxylic acids is 6. The number of amides is 3. The van der Waals surface area contributed by atoms with Crippen LogP contribution in [0, 0.1) is 6.92 Å². The summed E-state index contributed by atoms with van der Waals surface area (Å²) in [5.41, 5.74) is 4.00. The lowest BCUT2D eigenvalue weighted by Crippen LogP contribution is -2.49. The van der Waals surface area contributed by atoms with E-state index in [1.165, 1.54) is 18.8 Å². The number of piperazine rings is 3. The summed E-state index contributed by atoms with van der Waals surface area (Å²) < 4.78 is 36.8. The van der Waals surface area contributed by atoms with Crippen molar-refractivity contribution >= 4 is 97.0 Å². The molecule has 3 aromatic carbocycles. The van der Waals surface area contributed by atoms with Crippen LogP contribution in [0.3, 0.4) is 0 Å². The predicted molar refractivity (Wildman–Crippen MR) is 408 cm³/mol. The van der Waals surface area contributed by atoms with Crippen molar-refractivity contribution in [2.45, 2.75) is 60.2 Å². The Bertz CT molecular complexity index is 4750. The van der Waals surface area contributed by atoms with Crippen molar-refractivity contribution in [1.82, 2.24) is 43.1 Å². The Hall–Kier alpha value is -10.5. The van der Waals surface area contributed by atoms with Crippen molar-refractivity contribution in [3.63, 3.8) is 0 Å². The van der Waals surface area contributed by atoms with Crippen LogP contribution in [-0.2, 0) is 33.8 Å². The minimum atomic E-state index is -0.665. The number of pyridine rings is 3. The Kier molecular flexibility index (Phi) is 26.5. The highest BCUT2D eigenvalue weighted by molar-refractivity contribution is 6.31. The predicted octanol–water partition coefficient (Wildman–Crippen LogP) is 8.63. The third-order valence-corrected chi connectivity index (χ3v) is 19.0. The molecule has 0 atom stereocenters. The molecular weight excluding hydrogens is 1380 g/mol. The first-order valence-corrected chi connectivity index (χ1v) is 36.3. The van der Waals surface area contributed by atoms with Gasteiger partial charge in [-0.2, -0.15) is 0 Å². The summed E-state index contributed by atoms with van der Waals surface area (Å²) in [6.07, 6.45) is 5.97. The quantitative estimate of drug-likeness (QED) is 0.0428. The number of aryl methyl sites for hydroxylation is 3. The lowest BCUT2D eigenvalue weighted by Gasteiger charge is -2.37. The summed E-state index contributed by atoms with van der Waals surface area (Å²) in [6.45, 7) is 16.7.